The molecular weight excluding hydrogens is 234 g/mol. The predicted molar refractivity (Wildman–Crippen MR) is 65.8 cm³/mol. The lowest BCUT2D eigenvalue weighted by Crippen LogP contribution is -2.45. The van der Waals surface area contributed by atoms with E-state index in [4.69, 9.17) is 9.84 Å². The second kappa shape index (κ2) is 4.68. The molecular formula is C13H15NO4. The van der Waals surface area contributed by atoms with E-state index in [1.54, 1.807) is 0 Å². The lowest BCUT2D eigenvalue weighted by Gasteiger charge is -2.31. The van der Waals surface area contributed by atoms with Crippen LogP contribution in [0.25, 0.3) is 0 Å². The van der Waals surface area contributed by atoms with Crippen molar-refractivity contribution in [2.75, 3.05) is 11.4 Å². The van der Waals surface area contributed by atoms with E-state index in [0.29, 0.717) is 13.0 Å². The SMILES string of the molecule is Cc1ccc(C)c(N2CCC(C(=O)O)OC2=O)c1. The van der Waals surface area contributed by atoms with Gasteiger partial charge in [-0.05, 0) is 31.0 Å². The molecule has 1 amide bonds. The van der Waals surface area contributed by atoms with Crippen molar-refractivity contribution >= 4 is 17.7 Å². The number of hydrogen-bond donors (Lipinski definition) is 1. The van der Waals surface area contributed by atoms with E-state index in [-0.39, 0.29) is 0 Å². The predicted octanol–water partition coefficient (Wildman–Crippen LogP) is 2.10. The molecule has 1 aromatic rings. The Morgan fingerprint density at radius 1 is 1.44 bits per heavy atom. The summed E-state index contributed by atoms with van der Waals surface area (Å²) in [7, 11) is 0. The van der Waals surface area contributed by atoms with Gasteiger partial charge in [0.15, 0.2) is 0 Å². The third-order valence-corrected chi connectivity index (χ3v) is 3.01. The second-order valence-corrected chi connectivity index (χ2v) is 4.44. The highest BCUT2D eigenvalue weighted by Crippen LogP contribution is 2.25. The summed E-state index contributed by atoms with van der Waals surface area (Å²) in [5.41, 5.74) is 2.79. The Morgan fingerprint density at radius 3 is 2.78 bits per heavy atom. The van der Waals surface area contributed by atoms with Crippen molar-refractivity contribution in [1.82, 2.24) is 0 Å². The number of ether oxygens (including phenoxy) is 1. The third-order valence-electron chi connectivity index (χ3n) is 3.01. The molecule has 0 bridgehead atoms. The van der Waals surface area contributed by atoms with Crippen LogP contribution in [-0.2, 0) is 9.53 Å². The van der Waals surface area contributed by atoms with E-state index in [1.165, 1.54) is 4.90 Å². The van der Waals surface area contributed by atoms with E-state index < -0.39 is 18.2 Å². The maximum atomic E-state index is 11.8. The summed E-state index contributed by atoms with van der Waals surface area (Å²) in [6.45, 7) is 4.21. The molecule has 1 N–H and O–H groups in total. The van der Waals surface area contributed by atoms with E-state index in [1.807, 2.05) is 32.0 Å². The molecule has 1 heterocycles. The van der Waals surface area contributed by atoms with Crippen molar-refractivity contribution in [3.8, 4) is 0 Å². The number of aryl methyl sites for hydroxylation is 2. The number of rotatable bonds is 2. The first-order chi connectivity index (χ1) is 8.49. The highest BCUT2D eigenvalue weighted by Gasteiger charge is 2.32. The molecule has 5 heteroatoms. The van der Waals surface area contributed by atoms with Gasteiger partial charge >= 0.3 is 12.1 Å². The van der Waals surface area contributed by atoms with Crippen LogP contribution in [0.3, 0.4) is 0 Å². The zero-order chi connectivity index (χ0) is 13.3. The highest BCUT2D eigenvalue weighted by atomic mass is 16.6. The molecule has 0 aliphatic carbocycles. The number of hydrogen-bond acceptors (Lipinski definition) is 3. The number of amides is 1. The minimum atomic E-state index is -1.09. The Labute approximate surface area is 105 Å². The fraction of sp³-hybridized carbons (Fsp3) is 0.385. The van der Waals surface area contributed by atoms with Crippen molar-refractivity contribution < 1.29 is 19.4 Å². The zero-order valence-corrected chi connectivity index (χ0v) is 10.3. The van der Waals surface area contributed by atoms with Crippen LogP contribution in [0.4, 0.5) is 10.5 Å². The minimum Gasteiger partial charge on any atom is -0.479 e. The number of carbonyl (C=O) groups is 2. The van der Waals surface area contributed by atoms with E-state index in [0.717, 1.165) is 16.8 Å². The molecule has 18 heavy (non-hydrogen) atoms. The monoisotopic (exact) mass is 249 g/mol. The fourth-order valence-electron chi connectivity index (χ4n) is 1.98. The lowest BCUT2D eigenvalue weighted by atomic mass is 10.1. The average molecular weight is 249 g/mol. The largest absolute Gasteiger partial charge is 0.479 e. The molecule has 5 nitrogen and oxygen atoms in total. The molecule has 2 rings (SSSR count). The molecule has 0 saturated carbocycles. The molecule has 96 valence electrons. The van der Waals surface area contributed by atoms with Gasteiger partial charge in [-0.3, -0.25) is 4.90 Å². The Bertz CT molecular complexity index is 498. The Hall–Kier alpha value is -2.04. The van der Waals surface area contributed by atoms with Gasteiger partial charge in [0.05, 0.1) is 5.69 Å². The first kappa shape index (κ1) is 12.4. The molecule has 1 aliphatic heterocycles. The van der Waals surface area contributed by atoms with Gasteiger partial charge < -0.3 is 9.84 Å². The van der Waals surface area contributed by atoms with Gasteiger partial charge in [-0.25, -0.2) is 9.59 Å². The number of carbonyl (C=O) groups excluding carboxylic acids is 1. The van der Waals surface area contributed by atoms with E-state index in [2.05, 4.69) is 0 Å². The van der Waals surface area contributed by atoms with Crippen LogP contribution in [0.2, 0.25) is 0 Å². The zero-order valence-electron chi connectivity index (χ0n) is 10.3. The molecule has 0 radical (unpaired) electrons. The number of nitrogens with zero attached hydrogens (tertiary/aromatic N) is 1. The lowest BCUT2D eigenvalue weighted by molar-refractivity contribution is -0.147. The molecule has 0 spiro atoms. The first-order valence-electron chi connectivity index (χ1n) is 5.77. The normalized spacial score (nSPS) is 19.6. The van der Waals surface area contributed by atoms with Crippen LogP contribution >= 0.6 is 0 Å². The number of carboxylic acid groups (broad SMARTS) is 1. The van der Waals surface area contributed by atoms with Crippen molar-refractivity contribution in [1.29, 1.82) is 0 Å². The number of benzene rings is 1. The number of aliphatic carboxylic acids is 1. The highest BCUT2D eigenvalue weighted by molar-refractivity contribution is 5.91. The molecule has 1 atom stereocenters. The summed E-state index contributed by atoms with van der Waals surface area (Å²) in [5, 5.41) is 8.82. The molecule has 1 unspecified atom stereocenters. The van der Waals surface area contributed by atoms with Crippen LogP contribution in [-0.4, -0.2) is 29.8 Å². The molecule has 1 aromatic carbocycles. The van der Waals surface area contributed by atoms with Gasteiger partial charge in [0.2, 0.25) is 6.10 Å². The summed E-state index contributed by atoms with van der Waals surface area (Å²) in [6, 6.07) is 5.80. The smallest absolute Gasteiger partial charge is 0.415 e. The van der Waals surface area contributed by atoms with Gasteiger partial charge in [-0.2, -0.15) is 0 Å². The van der Waals surface area contributed by atoms with Crippen molar-refractivity contribution in [2.45, 2.75) is 26.4 Å². The van der Waals surface area contributed by atoms with Gasteiger partial charge in [-0.15, -0.1) is 0 Å². The van der Waals surface area contributed by atoms with Crippen LogP contribution in [0.5, 0.6) is 0 Å². The Morgan fingerprint density at radius 2 is 2.17 bits per heavy atom. The summed E-state index contributed by atoms with van der Waals surface area (Å²) in [5.74, 6) is -1.09. The molecule has 1 aliphatic rings. The maximum absolute atomic E-state index is 11.8. The van der Waals surface area contributed by atoms with E-state index in [9.17, 15) is 9.59 Å². The van der Waals surface area contributed by atoms with Crippen LogP contribution in [0.15, 0.2) is 18.2 Å². The summed E-state index contributed by atoms with van der Waals surface area (Å²) in [6.07, 6.45) is -1.32. The van der Waals surface area contributed by atoms with E-state index >= 15 is 0 Å². The van der Waals surface area contributed by atoms with Gasteiger partial charge in [0.25, 0.3) is 0 Å². The van der Waals surface area contributed by atoms with Crippen LogP contribution < -0.4 is 4.90 Å². The maximum Gasteiger partial charge on any atom is 0.415 e. The van der Waals surface area contributed by atoms with Gasteiger partial charge in [-0.1, -0.05) is 12.1 Å². The molecule has 0 aromatic heterocycles. The summed E-state index contributed by atoms with van der Waals surface area (Å²) in [4.78, 5) is 24.1. The topological polar surface area (TPSA) is 66.8 Å². The van der Waals surface area contributed by atoms with Crippen LogP contribution in [0, 0.1) is 13.8 Å². The second-order valence-electron chi connectivity index (χ2n) is 4.44. The van der Waals surface area contributed by atoms with Gasteiger partial charge in [0, 0.05) is 13.0 Å². The Balaban J connectivity index is 2.23. The molecule has 1 saturated heterocycles. The number of anilines is 1. The minimum absolute atomic E-state index is 0.300. The standard InChI is InChI=1S/C13H15NO4/c1-8-3-4-9(2)10(7-8)14-6-5-11(12(15)16)18-13(14)17/h3-4,7,11H,5-6H2,1-2H3,(H,15,16). The Kier molecular flexibility index (Phi) is 3.23. The quantitative estimate of drug-likeness (QED) is 0.871. The average Bonchev–Trinajstić information content (AvgIpc) is 2.32. The first-order valence-corrected chi connectivity index (χ1v) is 5.77. The number of carboxylic acids is 1. The third kappa shape index (κ3) is 2.30. The van der Waals surface area contributed by atoms with Crippen molar-refractivity contribution in [3.05, 3.63) is 29.3 Å². The van der Waals surface area contributed by atoms with Gasteiger partial charge in [0.1, 0.15) is 0 Å². The summed E-state index contributed by atoms with van der Waals surface area (Å²) >= 11 is 0. The number of cyclic esters (lactones) is 1. The van der Waals surface area contributed by atoms with Crippen molar-refractivity contribution in [2.24, 2.45) is 0 Å². The van der Waals surface area contributed by atoms with Crippen molar-refractivity contribution in [3.63, 3.8) is 0 Å². The summed E-state index contributed by atoms with van der Waals surface area (Å²) < 4.78 is 4.90. The van der Waals surface area contributed by atoms with Crippen LogP contribution in [0.1, 0.15) is 17.5 Å². The fourth-order valence-corrected chi connectivity index (χ4v) is 1.98. The molecule has 1 fully saturated rings.